The molecule has 3 saturated heterocycles. The number of benzene rings is 5. The molecule has 3 fully saturated rings. The van der Waals surface area contributed by atoms with Crippen LogP contribution in [0.2, 0.25) is 0 Å². The molecule has 0 aliphatic carbocycles. The third kappa shape index (κ3) is 7.11. The van der Waals surface area contributed by atoms with Crippen LogP contribution in [0.15, 0.2) is 127 Å². The van der Waals surface area contributed by atoms with Crippen LogP contribution in [0.5, 0.6) is 5.75 Å². The van der Waals surface area contributed by atoms with Gasteiger partial charge in [-0.3, -0.25) is 19.3 Å². The Hall–Kier alpha value is -6.81. The molecule has 10 rings (SSSR count). The molecule has 0 bridgehead atoms. The number of likely N-dealkylation sites (tertiary alicyclic amines) is 1. The quantitative estimate of drug-likeness (QED) is 0.124. The predicted molar refractivity (Wildman–Crippen MR) is 236 cm³/mol. The van der Waals surface area contributed by atoms with Crippen LogP contribution in [0.1, 0.15) is 78.1 Å². The maximum Gasteiger partial charge on any atom is 0.324 e. The first-order chi connectivity index (χ1) is 31.0. The monoisotopic (exact) mass is 840 g/mol. The molecule has 6 aromatic rings. The van der Waals surface area contributed by atoms with Crippen molar-refractivity contribution in [1.82, 2.24) is 24.8 Å². The van der Waals surface area contributed by atoms with Gasteiger partial charge in [0.15, 0.2) is 0 Å². The summed E-state index contributed by atoms with van der Waals surface area (Å²) in [4.78, 5) is 50.7. The summed E-state index contributed by atoms with van der Waals surface area (Å²) in [6.07, 6.45) is 3.98. The smallest absolute Gasteiger partial charge is 0.324 e. The highest BCUT2D eigenvalue weighted by Gasteiger charge is 2.74. The fraction of sp³-hybridized carbons (Fsp3) is 0.314. The number of para-hydroxylation sites is 1. The molecule has 2 amide bonds. The molecule has 63 heavy (non-hydrogen) atoms. The van der Waals surface area contributed by atoms with Crippen molar-refractivity contribution in [1.29, 1.82) is 0 Å². The van der Waals surface area contributed by atoms with Gasteiger partial charge in [-0.2, -0.15) is 0 Å². The zero-order valence-electron chi connectivity index (χ0n) is 34.8. The van der Waals surface area contributed by atoms with Crippen LogP contribution >= 0.6 is 0 Å². The normalized spacial score (nSPS) is 24.4. The highest BCUT2D eigenvalue weighted by molar-refractivity contribution is 6.12. The Balaban J connectivity index is 1.19. The number of hydrogen-bond acceptors (Lipinski definition) is 9. The molecule has 2 N–H and O–H groups in total. The number of carbonyl (C=O) groups is 3. The fourth-order valence-electron chi connectivity index (χ4n) is 10.5. The summed E-state index contributed by atoms with van der Waals surface area (Å²) in [5.41, 5.74) is 4.24. The molecule has 0 radical (unpaired) electrons. The molecular formula is C51H48N6O6. The largest absolute Gasteiger partial charge is 0.491 e. The molecule has 0 unspecified atom stereocenters. The first kappa shape index (κ1) is 40.3. The van der Waals surface area contributed by atoms with Crippen molar-refractivity contribution in [3.8, 4) is 17.6 Å². The Morgan fingerprint density at radius 2 is 1.51 bits per heavy atom. The molecule has 12 nitrogen and oxygen atoms in total. The van der Waals surface area contributed by atoms with Crippen LogP contribution in [0.3, 0.4) is 0 Å². The van der Waals surface area contributed by atoms with Gasteiger partial charge >= 0.3 is 5.97 Å². The van der Waals surface area contributed by atoms with Gasteiger partial charge in [0.25, 0.3) is 0 Å². The lowest BCUT2D eigenvalue weighted by atomic mass is 9.65. The van der Waals surface area contributed by atoms with E-state index in [1.807, 2.05) is 132 Å². The summed E-state index contributed by atoms with van der Waals surface area (Å²) in [6, 6.07) is 37.8. The third-order valence-corrected chi connectivity index (χ3v) is 13.2. The summed E-state index contributed by atoms with van der Waals surface area (Å²) in [5, 5.41) is 21.3. The van der Waals surface area contributed by atoms with Gasteiger partial charge in [0.1, 0.15) is 42.0 Å². The Kier molecular flexibility index (Phi) is 11.0. The Morgan fingerprint density at radius 3 is 2.25 bits per heavy atom. The van der Waals surface area contributed by atoms with Crippen LogP contribution in [-0.4, -0.2) is 80.0 Å². The van der Waals surface area contributed by atoms with Crippen molar-refractivity contribution in [2.45, 2.75) is 68.3 Å². The predicted octanol–water partition coefficient (Wildman–Crippen LogP) is 6.92. The molecule has 0 saturated carbocycles. The van der Waals surface area contributed by atoms with Crippen LogP contribution in [0, 0.1) is 17.8 Å². The number of anilines is 1. The zero-order chi connectivity index (χ0) is 42.9. The first-order valence-electron chi connectivity index (χ1n) is 21.9. The van der Waals surface area contributed by atoms with E-state index in [0.29, 0.717) is 35.7 Å². The first-order valence-corrected chi connectivity index (χ1v) is 21.9. The molecule has 5 aromatic carbocycles. The van der Waals surface area contributed by atoms with Crippen LogP contribution < -0.4 is 10.1 Å². The zero-order valence-corrected chi connectivity index (χ0v) is 34.8. The molecule has 4 aliphatic heterocycles. The molecule has 5 heterocycles. The van der Waals surface area contributed by atoms with Gasteiger partial charge < -0.3 is 24.8 Å². The van der Waals surface area contributed by atoms with Crippen LogP contribution in [-0.2, 0) is 31.1 Å². The second-order valence-electron chi connectivity index (χ2n) is 16.8. The van der Waals surface area contributed by atoms with E-state index < -0.39 is 41.5 Å². The SMILES string of the molecule is O=C1O[C@@H](c2ccccc2)[C@@H](c2ccccc2)N2[C@@H](c3ccc(OCCO)cc3)[C@]3(C(=O)Nc4ccc(C#CCn5nnc6ccccc65)cc43)[C@@H](C(=O)N3CCCCCCC3)[C@H]12. The van der Waals surface area contributed by atoms with Crippen molar-refractivity contribution in [3.63, 3.8) is 0 Å². The number of hydrogen-bond donors (Lipinski definition) is 2. The second kappa shape index (κ2) is 17.2. The lowest BCUT2D eigenvalue weighted by Crippen LogP contribution is -2.55. The van der Waals surface area contributed by atoms with E-state index in [9.17, 15) is 5.11 Å². The molecule has 318 valence electrons. The third-order valence-electron chi connectivity index (χ3n) is 13.2. The Labute approximate surface area is 365 Å². The summed E-state index contributed by atoms with van der Waals surface area (Å²) in [6.45, 7) is 1.30. The standard InChI is InChI=1S/C51H48N6O6/c58-31-32-62-38-25-23-37(24-26-38)47-51(39-33-34(22-27-40(39)52-50(51)61)15-14-30-56-42-21-11-10-20-41(42)53-54-56)43(48(59)55-28-12-2-1-3-13-29-55)45-49(60)63-46(36-18-8-5-9-19-36)44(57(45)47)35-16-6-4-7-17-35/h4-11,16-27,33,43-47,58H,1-3,12-13,28-32H2,(H,52,61)/t43-,44-,45-,46+,47+,51-/m1/s1. The number of rotatable bonds is 8. The number of nitrogens with one attached hydrogen (secondary N) is 1. The number of morpholine rings is 1. The van der Waals surface area contributed by atoms with E-state index in [4.69, 9.17) is 9.47 Å². The molecule has 4 aliphatic rings. The van der Waals surface area contributed by atoms with Gasteiger partial charge in [0.2, 0.25) is 11.8 Å². The van der Waals surface area contributed by atoms with Gasteiger partial charge in [0, 0.05) is 24.3 Å². The number of amides is 2. The number of fused-ring (bicyclic) bond motifs is 4. The summed E-state index contributed by atoms with van der Waals surface area (Å²) >= 11 is 0. The maximum absolute atomic E-state index is 15.8. The highest BCUT2D eigenvalue weighted by atomic mass is 16.6. The number of nitrogens with zero attached hydrogens (tertiary/aromatic N) is 5. The fourth-order valence-corrected chi connectivity index (χ4v) is 10.5. The number of ether oxygens (including phenoxy) is 2. The summed E-state index contributed by atoms with van der Waals surface area (Å²) in [7, 11) is 0. The number of aromatic nitrogens is 3. The number of esters is 1. The Bertz CT molecular complexity index is 2710. The van der Waals surface area contributed by atoms with Crippen molar-refractivity contribution in [2.75, 3.05) is 31.6 Å². The van der Waals surface area contributed by atoms with E-state index in [0.717, 1.165) is 59.8 Å². The molecule has 1 aromatic heterocycles. The number of carbonyl (C=O) groups excluding carboxylic acids is 3. The van der Waals surface area contributed by atoms with Gasteiger partial charge in [-0.1, -0.05) is 121 Å². The molecule has 12 heteroatoms. The summed E-state index contributed by atoms with van der Waals surface area (Å²) in [5.74, 6) is 4.80. The lowest BCUT2D eigenvalue weighted by molar-refractivity contribution is -0.179. The maximum atomic E-state index is 15.8. The van der Waals surface area contributed by atoms with Gasteiger partial charge in [0.05, 0.1) is 30.1 Å². The topological polar surface area (TPSA) is 139 Å². The molecule has 1 spiro atoms. The average molecular weight is 841 g/mol. The van der Waals surface area contributed by atoms with E-state index >= 15 is 14.4 Å². The lowest BCUT2D eigenvalue weighted by Gasteiger charge is -2.46. The number of aliphatic hydroxyl groups is 1. The van der Waals surface area contributed by atoms with Crippen molar-refractivity contribution >= 4 is 34.5 Å². The van der Waals surface area contributed by atoms with E-state index in [1.165, 1.54) is 0 Å². The minimum atomic E-state index is -1.62. The van der Waals surface area contributed by atoms with Crippen LogP contribution in [0.4, 0.5) is 5.69 Å². The second-order valence-corrected chi connectivity index (χ2v) is 16.8. The van der Waals surface area contributed by atoms with E-state index in [-0.39, 0.29) is 31.6 Å². The van der Waals surface area contributed by atoms with Gasteiger partial charge in [-0.25, -0.2) is 4.68 Å². The van der Waals surface area contributed by atoms with Crippen molar-refractivity contribution in [3.05, 3.63) is 155 Å². The van der Waals surface area contributed by atoms with Crippen LogP contribution in [0.25, 0.3) is 11.0 Å². The van der Waals surface area contributed by atoms with E-state index in [1.54, 1.807) is 4.68 Å². The molecule has 6 atom stereocenters. The number of aliphatic hydroxyl groups excluding tert-OH is 1. The summed E-state index contributed by atoms with van der Waals surface area (Å²) < 4.78 is 14.2. The van der Waals surface area contributed by atoms with Gasteiger partial charge in [-0.15, -0.1) is 5.10 Å². The Morgan fingerprint density at radius 1 is 0.810 bits per heavy atom. The minimum Gasteiger partial charge on any atom is -0.491 e. The van der Waals surface area contributed by atoms with Gasteiger partial charge in [-0.05, 0) is 77.6 Å². The molecular weight excluding hydrogens is 793 g/mol. The van der Waals surface area contributed by atoms with E-state index in [2.05, 4.69) is 32.4 Å². The number of cyclic esters (lactones) is 1. The highest BCUT2D eigenvalue weighted by Crippen LogP contribution is 2.65. The average Bonchev–Trinajstić information content (AvgIpc) is 3.96. The van der Waals surface area contributed by atoms with Crippen molar-refractivity contribution in [2.24, 2.45) is 5.92 Å². The van der Waals surface area contributed by atoms with Crippen molar-refractivity contribution < 1.29 is 29.0 Å². The minimum absolute atomic E-state index is 0.112.